The van der Waals surface area contributed by atoms with Crippen molar-refractivity contribution in [1.29, 1.82) is 0 Å². The number of benzene rings is 3. The molecule has 0 amide bonds. The zero-order chi connectivity index (χ0) is 38.6. The number of rotatable bonds is 14. The first kappa shape index (κ1) is 40.0. The molecule has 0 bridgehead atoms. The number of carbonyl (C=O) groups is 4. The topological polar surface area (TPSA) is 124 Å². The molecule has 0 unspecified atom stereocenters. The highest BCUT2D eigenvalue weighted by Gasteiger charge is 2.48. The smallest absolute Gasteiger partial charge is 0.420 e. The molecule has 18 heteroatoms. The number of alkyl halides is 6. The van der Waals surface area contributed by atoms with E-state index in [4.69, 9.17) is 9.47 Å². The van der Waals surface area contributed by atoms with Gasteiger partial charge in [0.2, 0.25) is 13.6 Å². The van der Waals surface area contributed by atoms with Crippen LogP contribution in [0.2, 0.25) is 0 Å². The van der Waals surface area contributed by atoms with Crippen molar-refractivity contribution in [3.05, 3.63) is 120 Å². The molecule has 3 rings (SSSR count). The van der Waals surface area contributed by atoms with Gasteiger partial charge in [-0.2, -0.15) is 26.3 Å². The van der Waals surface area contributed by atoms with Gasteiger partial charge in [-0.1, -0.05) is 13.2 Å². The van der Waals surface area contributed by atoms with E-state index in [-0.39, 0.29) is 34.8 Å². The Bertz CT molecular complexity index is 1780. The number of hydrogen-bond acceptors (Lipinski definition) is 10. The van der Waals surface area contributed by atoms with Gasteiger partial charge in [0, 0.05) is 47.6 Å². The predicted molar refractivity (Wildman–Crippen MR) is 162 cm³/mol. The van der Waals surface area contributed by atoms with Crippen LogP contribution in [0, 0.1) is 11.6 Å². The summed E-state index contributed by atoms with van der Waals surface area (Å²) in [5.74, 6) is -10.5. The van der Waals surface area contributed by atoms with Gasteiger partial charge in [-0.15, -0.1) is 0 Å². The Hall–Kier alpha value is -6.46. The minimum atomic E-state index is -5.83. The first-order valence-corrected chi connectivity index (χ1v) is 14.0. The highest BCUT2D eigenvalue weighted by Crippen LogP contribution is 2.49. The van der Waals surface area contributed by atoms with Crippen LogP contribution >= 0.6 is 0 Å². The lowest BCUT2D eigenvalue weighted by Gasteiger charge is -2.21. The van der Waals surface area contributed by atoms with Gasteiger partial charge in [0.25, 0.3) is 0 Å². The number of halogens is 8. The summed E-state index contributed by atoms with van der Waals surface area (Å²) in [7, 11) is 0. The van der Waals surface area contributed by atoms with Crippen LogP contribution in [0.15, 0.2) is 86.0 Å². The molecule has 3 aromatic carbocycles. The maximum atomic E-state index is 14.4. The fourth-order valence-electron chi connectivity index (χ4n) is 3.79. The van der Waals surface area contributed by atoms with Crippen LogP contribution in [-0.2, 0) is 41.0 Å². The fourth-order valence-corrected chi connectivity index (χ4v) is 3.79. The standard InChI is InChI=1S/C34H22F8O10/c1-3-27(43)49-17-47-21-9-5-19(23(35)15-21)7-13-29(45)51-25-11-12-26(32(34(40,41)42)31(25)33(37,38)39)52-30(46)14-8-20-6-10-22(16-24(20)36)48-18-50-28(44)4-2/h3-16H,1-2,17-18H2/b13-7+,14-8+. The fraction of sp³-hybridized carbons (Fsp3) is 0.118. The van der Waals surface area contributed by atoms with E-state index in [2.05, 4.69) is 32.1 Å². The lowest BCUT2D eigenvalue weighted by atomic mass is 10.0. The summed E-state index contributed by atoms with van der Waals surface area (Å²) in [5, 5.41) is 0. The van der Waals surface area contributed by atoms with Crippen molar-refractivity contribution < 1.29 is 82.7 Å². The monoisotopic (exact) mass is 742 g/mol. The highest BCUT2D eigenvalue weighted by atomic mass is 19.4. The lowest BCUT2D eigenvalue weighted by Crippen LogP contribution is -2.21. The second-order valence-electron chi connectivity index (χ2n) is 9.54. The Morgan fingerprint density at radius 2 is 0.942 bits per heavy atom. The molecule has 0 radical (unpaired) electrons. The van der Waals surface area contributed by atoms with Gasteiger partial charge in [0.15, 0.2) is 0 Å². The molecule has 0 aliphatic rings. The van der Waals surface area contributed by atoms with Crippen LogP contribution in [0.3, 0.4) is 0 Å². The molecule has 0 saturated carbocycles. The van der Waals surface area contributed by atoms with E-state index in [0.29, 0.717) is 12.2 Å². The Morgan fingerprint density at radius 3 is 1.25 bits per heavy atom. The lowest BCUT2D eigenvalue weighted by molar-refractivity contribution is -0.164. The summed E-state index contributed by atoms with van der Waals surface area (Å²) in [6.07, 6.45) is -7.64. The average molecular weight is 743 g/mol. The van der Waals surface area contributed by atoms with E-state index in [1.807, 2.05) is 0 Å². The molecule has 0 atom stereocenters. The van der Waals surface area contributed by atoms with Crippen LogP contribution in [0.4, 0.5) is 35.1 Å². The molecular formula is C34H22F8O10. The molecule has 0 aliphatic heterocycles. The maximum Gasteiger partial charge on any atom is 0.420 e. The third kappa shape index (κ3) is 11.6. The van der Waals surface area contributed by atoms with Crippen LogP contribution in [0.1, 0.15) is 22.3 Å². The predicted octanol–water partition coefficient (Wildman–Crippen LogP) is 7.37. The number of ether oxygens (including phenoxy) is 6. The quantitative estimate of drug-likeness (QED) is 0.0544. The van der Waals surface area contributed by atoms with Crippen molar-refractivity contribution in [1.82, 2.24) is 0 Å². The van der Waals surface area contributed by atoms with Gasteiger partial charge in [0.05, 0.1) is 0 Å². The highest BCUT2D eigenvalue weighted by molar-refractivity contribution is 5.90. The minimum absolute atomic E-state index is 0.127. The van der Waals surface area contributed by atoms with E-state index in [0.717, 1.165) is 60.7 Å². The normalized spacial score (nSPS) is 11.5. The van der Waals surface area contributed by atoms with E-state index in [9.17, 15) is 54.3 Å². The molecule has 274 valence electrons. The van der Waals surface area contributed by atoms with E-state index in [1.54, 1.807) is 0 Å². The van der Waals surface area contributed by atoms with Gasteiger partial charge in [0.1, 0.15) is 45.8 Å². The Balaban J connectivity index is 1.80. The van der Waals surface area contributed by atoms with Crippen molar-refractivity contribution in [2.75, 3.05) is 13.6 Å². The maximum absolute atomic E-state index is 14.4. The average Bonchev–Trinajstić information content (AvgIpc) is 3.06. The summed E-state index contributed by atoms with van der Waals surface area (Å²) >= 11 is 0. The Kier molecular flexibility index (Phi) is 13.4. The largest absolute Gasteiger partial charge is 0.457 e. The van der Waals surface area contributed by atoms with E-state index >= 15 is 0 Å². The molecule has 0 saturated heterocycles. The Labute approximate surface area is 287 Å². The summed E-state index contributed by atoms with van der Waals surface area (Å²) in [6.45, 7) is 5.12. The van der Waals surface area contributed by atoms with E-state index in [1.165, 1.54) is 0 Å². The van der Waals surface area contributed by atoms with Crippen molar-refractivity contribution in [3.63, 3.8) is 0 Å². The molecular weight excluding hydrogens is 720 g/mol. The molecule has 10 nitrogen and oxygen atoms in total. The molecule has 0 fully saturated rings. The van der Waals surface area contributed by atoms with Gasteiger partial charge in [-0.05, 0) is 48.6 Å². The van der Waals surface area contributed by atoms with Crippen molar-refractivity contribution in [3.8, 4) is 23.0 Å². The van der Waals surface area contributed by atoms with Crippen molar-refractivity contribution in [2.24, 2.45) is 0 Å². The van der Waals surface area contributed by atoms with Gasteiger partial charge >= 0.3 is 36.2 Å². The molecule has 0 spiro atoms. The SMILES string of the molecule is C=CC(=O)OCOc1ccc(/C=C/C(=O)Oc2ccc(OC(=O)/C=C/c3ccc(OCOC(=O)C=C)cc3F)c(C(F)(F)F)c2C(F)(F)F)c(F)c1. The summed E-state index contributed by atoms with van der Waals surface area (Å²) in [4.78, 5) is 46.7. The second-order valence-corrected chi connectivity index (χ2v) is 9.54. The Morgan fingerprint density at radius 1 is 0.577 bits per heavy atom. The summed E-state index contributed by atoms with van der Waals surface area (Å²) < 4.78 is 141. The van der Waals surface area contributed by atoms with Crippen molar-refractivity contribution >= 4 is 36.0 Å². The zero-order valence-electron chi connectivity index (χ0n) is 26.0. The zero-order valence-corrected chi connectivity index (χ0v) is 26.0. The summed E-state index contributed by atoms with van der Waals surface area (Å²) in [6, 6.07) is 6.60. The van der Waals surface area contributed by atoms with E-state index < -0.39 is 84.1 Å². The van der Waals surface area contributed by atoms with Crippen LogP contribution in [0.25, 0.3) is 12.2 Å². The van der Waals surface area contributed by atoms with Crippen molar-refractivity contribution in [2.45, 2.75) is 12.4 Å². The molecule has 0 heterocycles. The molecule has 0 aromatic heterocycles. The van der Waals surface area contributed by atoms with Gasteiger partial charge in [-0.25, -0.2) is 28.0 Å². The third-order valence-corrected chi connectivity index (χ3v) is 6.05. The van der Waals surface area contributed by atoms with Crippen LogP contribution in [0.5, 0.6) is 23.0 Å². The molecule has 0 N–H and O–H groups in total. The molecule has 3 aromatic rings. The number of carbonyl (C=O) groups excluding carboxylic acids is 4. The molecule has 0 aliphatic carbocycles. The summed E-state index contributed by atoms with van der Waals surface area (Å²) in [5.41, 5.74) is -5.71. The van der Waals surface area contributed by atoms with Gasteiger partial charge < -0.3 is 28.4 Å². The van der Waals surface area contributed by atoms with Gasteiger partial charge in [-0.3, -0.25) is 0 Å². The third-order valence-electron chi connectivity index (χ3n) is 6.05. The number of esters is 4. The van der Waals surface area contributed by atoms with Crippen LogP contribution in [-0.4, -0.2) is 37.5 Å². The first-order valence-electron chi connectivity index (χ1n) is 14.0. The number of hydrogen-bond donors (Lipinski definition) is 0. The second kappa shape index (κ2) is 17.5. The first-order chi connectivity index (χ1) is 24.4. The molecule has 52 heavy (non-hydrogen) atoms. The minimum Gasteiger partial charge on any atom is -0.457 e. The van der Waals surface area contributed by atoms with Crippen LogP contribution < -0.4 is 18.9 Å².